The van der Waals surface area contributed by atoms with Crippen LogP contribution in [0.3, 0.4) is 0 Å². The summed E-state index contributed by atoms with van der Waals surface area (Å²) < 4.78 is 7.88. The van der Waals surface area contributed by atoms with Gasteiger partial charge in [-0.05, 0) is 82.4 Å². The molecule has 2 fully saturated rings. The number of nitrogens with zero attached hydrogens (tertiary/aromatic N) is 2. The SMILES string of the molecule is CC(C)(C)OC(=O)NC1(c2ccc(-c3nc4c(C5CC5)cccn4c3C3C=CC=CC3)cc2)CCC1. The number of nitrogens with one attached hydrogen (secondary N) is 1. The van der Waals surface area contributed by atoms with Gasteiger partial charge in [-0.3, -0.25) is 0 Å². The summed E-state index contributed by atoms with van der Waals surface area (Å²) in [5, 5.41) is 3.18. The van der Waals surface area contributed by atoms with Crippen LogP contribution in [-0.4, -0.2) is 21.1 Å². The number of ether oxygens (including phenoxy) is 1. The normalized spacial score (nSPS) is 20.8. The summed E-state index contributed by atoms with van der Waals surface area (Å²) in [6.07, 6.45) is 17.1. The first kappa shape index (κ1) is 23.1. The molecule has 0 spiro atoms. The van der Waals surface area contributed by atoms with E-state index in [1.807, 2.05) is 20.8 Å². The summed E-state index contributed by atoms with van der Waals surface area (Å²) in [6, 6.07) is 13.1. The van der Waals surface area contributed by atoms with Crippen LogP contribution in [0.4, 0.5) is 4.79 Å². The number of amides is 1. The molecule has 2 saturated carbocycles. The predicted octanol–water partition coefficient (Wildman–Crippen LogP) is 7.38. The highest BCUT2D eigenvalue weighted by atomic mass is 16.6. The van der Waals surface area contributed by atoms with Crippen LogP contribution >= 0.6 is 0 Å². The van der Waals surface area contributed by atoms with Gasteiger partial charge in [0.25, 0.3) is 0 Å². The Hall–Kier alpha value is -3.34. The van der Waals surface area contributed by atoms with Gasteiger partial charge in [0.2, 0.25) is 0 Å². The van der Waals surface area contributed by atoms with Crippen LogP contribution in [0.1, 0.15) is 88.0 Å². The number of hydrogen-bond donors (Lipinski definition) is 1. The Morgan fingerprint density at radius 3 is 2.50 bits per heavy atom. The lowest BCUT2D eigenvalue weighted by molar-refractivity contribution is 0.0377. The maximum atomic E-state index is 12.6. The molecule has 5 nitrogen and oxygen atoms in total. The van der Waals surface area contributed by atoms with Gasteiger partial charge in [-0.2, -0.15) is 0 Å². The first-order chi connectivity index (χ1) is 17.3. The summed E-state index contributed by atoms with van der Waals surface area (Å²) in [5.41, 5.74) is 6.17. The number of carbonyl (C=O) groups excluding carboxylic acids is 1. The monoisotopic (exact) mass is 481 g/mol. The van der Waals surface area contributed by atoms with E-state index in [1.54, 1.807) is 0 Å². The quantitative estimate of drug-likeness (QED) is 0.413. The van der Waals surface area contributed by atoms with Crippen molar-refractivity contribution in [2.45, 2.75) is 82.3 Å². The van der Waals surface area contributed by atoms with Gasteiger partial charge in [0.05, 0.1) is 16.9 Å². The van der Waals surface area contributed by atoms with Crippen molar-refractivity contribution >= 4 is 11.7 Å². The van der Waals surface area contributed by atoms with Crippen molar-refractivity contribution in [2.75, 3.05) is 0 Å². The number of benzene rings is 1. The topological polar surface area (TPSA) is 55.6 Å². The lowest BCUT2D eigenvalue weighted by Gasteiger charge is -2.43. The minimum Gasteiger partial charge on any atom is -0.444 e. The Morgan fingerprint density at radius 1 is 1.11 bits per heavy atom. The summed E-state index contributed by atoms with van der Waals surface area (Å²) in [6.45, 7) is 5.69. The smallest absolute Gasteiger partial charge is 0.408 e. The zero-order chi connectivity index (χ0) is 24.9. The molecule has 6 rings (SSSR count). The molecule has 3 aromatic rings. The van der Waals surface area contributed by atoms with Gasteiger partial charge < -0.3 is 14.5 Å². The van der Waals surface area contributed by atoms with Crippen LogP contribution in [0.25, 0.3) is 16.9 Å². The maximum Gasteiger partial charge on any atom is 0.408 e. The van der Waals surface area contributed by atoms with Crippen molar-refractivity contribution in [3.8, 4) is 11.3 Å². The van der Waals surface area contributed by atoms with Crippen molar-refractivity contribution < 1.29 is 9.53 Å². The summed E-state index contributed by atoms with van der Waals surface area (Å²) in [5.74, 6) is 0.930. The zero-order valence-electron chi connectivity index (χ0n) is 21.5. The third-order valence-electron chi connectivity index (χ3n) is 7.72. The number of hydrogen-bond acceptors (Lipinski definition) is 3. The number of allylic oxidation sites excluding steroid dienone is 4. The molecule has 36 heavy (non-hydrogen) atoms. The molecular formula is C31H35N3O2. The summed E-state index contributed by atoms with van der Waals surface area (Å²) in [4.78, 5) is 17.8. The minimum absolute atomic E-state index is 0.293. The highest BCUT2D eigenvalue weighted by Crippen LogP contribution is 2.45. The molecule has 1 aromatic carbocycles. The van der Waals surface area contributed by atoms with Crippen molar-refractivity contribution in [1.82, 2.24) is 14.7 Å². The molecule has 2 aromatic heterocycles. The lowest BCUT2D eigenvalue weighted by Crippen LogP contribution is -2.52. The zero-order valence-corrected chi connectivity index (χ0v) is 21.5. The molecule has 186 valence electrons. The van der Waals surface area contributed by atoms with E-state index < -0.39 is 5.60 Å². The molecule has 0 aliphatic heterocycles. The summed E-state index contributed by atoms with van der Waals surface area (Å²) in [7, 11) is 0. The fourth-order valence-corrected chi connectivity index (χ4v) is 5.63. The average Bonchev–Trinajstić information content (AvgIpc) is 3.60. The number of aromatic nitrogens is 2. The van der Waals surface area contributed by atoms with Gasteiger partial charge in [0.1, 0.15) is 11.2 Å². The third kappa shape index (κ3) is 4.25. The Balaban J connectivity index is 1.36. The van der Waals surface area contributed by atoms with Crippen molar-refractivity contribution in [3.63, 3.8) is 0 Å². The van der Waals surface area contributed by atoms with Crippen molar-refractivity contribution in [2.24, 2.45) is 0 Å². The molecule has 1 atom stereocenters. The van der Waals surface area contributed by atoms with E-state index in [0.717, 1.165) is 48.2 Å². The molecule has 0 bridgehead atoms. The van der Waals surface area contributed by atoms with Crippen LogP contribution in [0, 0.1) is 0 Å². The second-order valence-electron chi connectivity index (χ2n) is 11.6. The van der Waals surface area contributed by atoms with E-state index in [0.29, 0.717) is 11.8 Å². The van der Waals surface area contributed by atoms with E-state index in [1.165, 1.54) is 24.1 Å². The second kappa shape index (κ2) is 8.65. The van der Waals surface area contributed by atoms with E-state index in [-0.39, 0.29) is 11.6 Å². The average molecular weight is 482 g/mol. The van der Waals surface area contributed by atoms with Gasteiger partial charge >= 0.3 is 6.09 Å². The van der Waals surface area contributed by atoms with Crippen LogP contribution in [0.5, 0.6) is 0 Å². The van der Waals surface area contributed by atoms with Gasteiger partial charge in [-0.15, -0.1) is 0 Å². The third-order valence-corrected chi connectivity index (χ3v) is 7.72. The number of fused-ring (bicyclic) bond motifs is 1. The molecule has 1 unspecified atom stereocenters. The van der Waals surface area contributed by atoms with Gasteiger partial charge in [-0.1, -0.05) is 54.6 Å². The molecule has 2 heterocycles. The van der Waals surface area contributed by atoms with E-state index >= 15 is 0 Å². The Labute approximate surface area is 213 Å². The molecule has 3 aliphatic carbocycles. The fourth-order valence-electron chi connectivity index (χ4n) is 5.63. The molecule has 5 heteroatoms. The number of carbonyl (C=O) groups is 1. The van der Waals surface area contributed by atoms with E-state index in [4.69, 9.17) is 9.72 Å². The van der Waals surface area contributed by atoms with Gasteiger partial charge in [0.15, 0.2) is 0 Å². The second-order valence-corrected chi connectivity index (χ2v) is 11.6. The Kier molecular flexibility index (Phi) is 5.55. The van der Waals surface area contributed by atoms with Gasteiger partial charge in [0, 0.05) is 17.7 Å². The van der Waals surface area contributed by atoms with Crippen molar-refractivity contribution in [1.29, 1.82) is 0 Å². The number of imidazole rings is 1. The van der Waals surface area contributed by atoms with E-state index in [9.17, 15) is 4.79 Å². The van der Waals surface area contributed by atoms with Crippen LogP contribution in [0.15, 0.2) is 66.9 Å². The van der Waals surface area contributed by atoms with E-state index in [2.05, 4.69) is 76.6 Å². The highest BCUT2D eigenvalue weighted by molar-refractivity contribution is 5.72. The van der Waals surface area contributed by atoms with Crippen LogP contribution in [-0.2, 0) is 10.3 Å². The van der Waals surface area contributed by atoms with Crippen LogP contribution < -0.4 is 5.32 Å². The Bertz CT molecular complexity index is 1350. The maximum absolute atomic E-state index is 12.6. The molecular weight excluding hydrogens is 446 g/mol. The molecule has 1 N–H and O–H groups in total. The van der Waals surface area contributed by atoms with Crippen molar-refractivity contribution in [3.05, 3.63) is 83.7 Å². The standard InChI is InChI=1S/C31H35N3O2/c1-30(2,3)36-29(35)33-31(18-8-19-31)24-16-14-22(15-17-24)26-27(23-9-5-4-6-10-23)34-20-7-11-25(21-12-13-21)28(34)32-26/h4-7,9,11,14-17,20-21,23H,8,10,12-13,18-19H2,1-3H3,(H,33,35). The van der Waals surface area contributed by atoms with Crippen LogP contribution in [0.2, 0.25) is 0 Å². The molecule has 0 radical (unpaired) electrons. The summed E-state index contributed by atoms with van der Waals surface area (Å²) >= 11 is 0. The fraction of sp³-hybridized carbons (Fsp3) is 0.419. The highest BCUT2D eigenvalue weighted by Gasteiger charge is 2.41. The number of pyridine rings is 1. The molecule has 3 aliphatic rings. The minimum atomic E-state index is -0.513. The Morgan fingerprint density at radius 2 is 1.89 bits per heavy atom. The largest absolute Gasteiger partial charge is 0.444 e. The first-order valence-electron chi connectivity index (χ1n) is 13.3. The number of rotatable bonds is 5. The molecule has 1 amide bonds. The first-order valence-corrected chi connectivity index (χ1v) is 13.3. The lowest BCUT2D eigenvalue weighted by atomic mass is 9.71. The number of alkyl carbamates (subject to hydrolysis) is 1. The predicted molar refractivity (Wildman–Crippen MR) is 143 cm³/mol. The van der Waals surface area contributed by atoms with Gasteiger partial charge in [-0.25, -0.2) is 9.78 Å². The molecule has 0 saturated heterocycles.